The Morgan fingerprint density at radius 3 is 2.61 bits per heavy atom. The van der Waals surface area contributed by atoms with E-state index in [0.717, 1.165) is 6.08 Å². The van der Waals surface area contributed by atoms with Crippen LogP contribution in [0.4, 0.5) is 13.2 Å². The Morgan fingerprint density at radius 2 is 2.06 bits per heavy atom. The van der Waals surface area contributed by atoms with Gasteiger partial charge in [0.1, 0.15) is 5.75 Å². The van der Waals surface area contributed by atoms with Gasteiger partial charge in [0, 0.05) is 16.1 Å². The van der Waals surface area contributed by atoms with Crippen molar-refractivity contribution in [2.24, 2.45) is 0 Å². The normalized spacial score (nSPS) is 18.7. The van der Waals surface area contributed by atoms with Gasteiger partial charge in [-0.2, -0.15) is 13.2 Å². The van der Waals surface area contributed by atoms with Gasteiger partial charge in [-0.05, 0) is 18.2 Å². The number of rotatable bonds is 1. The average Bonchev–Trinajstić information content (AvgIpc) is 2.25. The fourth-order valence-corrected chi connectivity index (χ4v) is 1.92. The van der Waals surface area contributed by atoms with E-state index in [1.807, 2.05) is 0 Å². The minimum atomic E-state index is -4.83. The molecule has 0 radical (unpaired) electrons. The number of nitrogens with zero attached hydrogens (tertiary/aromatic N) is 1. The standard InChI is InChI=1S/C10H5BrF3NO3/c11-6-1-2-8-5(3-6)4-7(15(16)17)9(18-8)10(12,13)14/h1-4,9H. The number of hydrogen-bond acceptors (Lipinski definition) is 3. The monoisotopic (exact) mass is 323 g/mol. The number of alkyl halides is 3. The van der Waals surface area contributed by atoms with Crippen molar-refractivity contribution < 1.29 is 22.8 Å². The van der Waals surface area contributed by atoms with Crippen molar-refractivity contribution in [2.45, 2.75) is 12.3 Å². The lowest BCUT2D eigenvalue weighted by Crippen LogP contribution is -2.40. The zero-order valence-electron chi connectivity index (χ0n) is 8.57. The van der Waals surface area contributed by atoms with Crippen LogP contribution in [0, 0.1) is 10.1 Å². The average molecular weight is 324 g/mol. The molecular formula is C10H5BrF3NO3. The van der Waals surface area contributed by atoms with Crippen molar-refractivity contribution in [1.82, 2.24) is 0 Å². The Morgan fingerprint density at radius 1 is 1.39 bits per heavy atom. The van der Waals surface area contributed by atoms with Gasteiger partial charge in [-0.1, -0.05) is 15.9 Å². The summed E-state index contributed by atoms with van der Waals surface area (Å²) in [4.78, 5) is 9.57. The summed E-state index contributed by atoms with van der Waals surface area (Å²) in [5.41, 5.74) is -0.787. The molecule has 1 heterocycles. The number of ether oxygens (including phenoxy) is 1. The molecule has 0 saturated carbocycles. The Hall–Kier alpha value is -1.57. The third-order valence-electron chi connectivity index (χ3n) is 2.30. The second-order valence-corrected chi connectivity index (χ2v) is 4.46. The topological polar surface area (TPSA) is 52.4 Å². The molecule has 96 valence electrons. The highest BCUT2D eigenvalue weighted by Crippen LogP contribution is 2.38. The molecule has 0 fully saturated rings. The van der Waals surface area contributed by atoms with Gasteiger partial charge in [0.05, 0.1) is 4.92 Å². The number of hydrogen-bond donors (Lipinski definition) is 0. The van der Waals surface area contributed by atoms with Crippen LogP contribution in [0.3, 0.4) is 0 Å². The highest BCUT2D eigenvalue weighted by molar-refractivity contribution is 9.10. The maximum atomic E-state index is 12.6. The summed E-state index contributed by atoms with van der Waals surface area (Å²) in [6, 6.07) is 4.27. The van der Waals surface area contributed by atoms with Crippen LogP contribution in [0.15, 0.2) is 28.4 Å². The van der Waals surface area contributed by atoms with Crippen LogP contribution >= 0.6 is 15.9 Å². The Bertz CT molecular complexity index is 542. The lowest BCUT2D eigenvalue weighted by atomic mass is 10.1. The quantitative estimate of drug-likeness (QED) is 0.588. The molecule has 1 aromatic rings. The van der Waals surface area contributed by atoms with Crippen LogP contribution in [-0.4, -0.2) is 17.2 Å². The molecule has 1 atom stereocenters. The largest absolute Gasteiger partial charge is 0.469 e. The first-order valence-corrected chi connectivity index (χ1v) is 5.47. The summed E-state index contributed by atoms with van der Waals surface area (Å²) < 4.78 is 43.2. The first-order valence-electron chi connectivity index (χ1n) is 4.68. The highest BCUT2D eigenvalue weighted by Gasteiger charge is 2.51. The first kappa shape index (κ1) is 12.9. The molecule has 1 unspecified atom stereocenters. The van der Waals surface area contributed by atoms with Gasteiger partial charge < -0.3 is 4.74 Å². The van der Waals surface area contributed by atoms with Crippen LogP contribution in [-0.2, 0) is 0 Å². The van der Waals surface area contributed by atoms with E-state index in [1.165, 1.54) is 18.2 Å². The zero-order valence-corrected chi connectivity index (χ0v) is 10.2. The number of halogens is 4. The van der Waals surface area contributed by atoms with E-state index in [9.17, 15) is 23.3 Å². The molecule has 0 aromatic heterocycles. The number of benzene rings is 1. The van der Waals surface area contributed by atoms with Gasteiger partial charge in [-0.3, -0.25) is 10.1 Å². The minimum Gasteiger partial charge on any atom is -0.469 e. The van der Waals surface area contributed by atoms with Crippen LogP contribution in [0.25, 0.3) is 6.08 Å². The zero-order chi connectivity index (χ0) is 13.5. The van der Waals surface area contributed by atoms with E-state index < -0.39 is 22.9 Å². The number of nitro groups is 1. The summed E-state index contributed by atoms with van der Waals surface area (Å²) in [7, 11) is 0. The third kappa shape index (κ3) is 2.33. The van der Waals surface area contributed by atoms with Crippen LogP contribution in [0.2, 0.25) is 0 Å². The summed E-state index contributed by atoms with van der Waals surface area (Å²) in [6.07, 6.45) is -6.49. The van der Waals surface area contributed by atoms with E-state index in [4.69, 9.17) is 0 Å². The van der Waals surface area contributed by atoms with Gasteiger partial charge in [0.2, 0.25) is 0 Å². The smallest absolute Gasteiger partial charge is 0.436 e. The summed E-state index contributed by atoms with van der Waals surface area (Å²) in [6.45, 7) is 0. The molecule has 0 bridgehead atoms. The molecule has 0 saturated heterocycles. The molecule has 1 aliphatic heterocycles. The molecule has 18 heavy (non-hydrogen) atoms. The van der Waals surface area contributed by atoms with Crippen LogP contribution < -0.4 is 4.74 Å². The SMILES string of the molecule is O=[N+]([O-])C1=Cc2cc(Br)ccc2OC1C(F)(F)F. The molecule has 0 amide bonds. The van der Waals surface area contributed by atoms with Crippen molar-refractivity contribution in [2.75, 3.05) is 0 Å². The van der Waals surface area contributed by atoms with Gasteiger partial charge in [-0.15, -0.1) is 0 Å². The predicted octanol–water partition coefficient (Wildman–Crippen LogP) is 3.39. The lowest BCUT2D eigenvalue weighted by molar-refractivity contribution is -0.443. The first-order chi connectivity index (χ1) is 8.29. The molecule has 0 N–H and O–H groups in total. The summed E-state index contributed by atoms with van der Waals surface area (Å²) in [5, 5.41) is 10.7. The van der Waals surface area contributed by atoms with E-state index in [-0.39, 0.29) is 11.3 Å². The van der Waals surface area contributed by atoms with Crippen molar-refractivity contribution in [1.29, 1.82) is 0 Å². The van der Waals surface area contributed by atoms with Crippen molar-refractivity contribution in [3.63, 3.8) is 0 Å². The van der Waals surface area contributed by atoms with Gasteiger partial charge in [0.15, 0.2) is 0 Å². The molecule has 1 aromatic carbocycles. The molecule has 4 nitrogen and oxygen atoms in total. The molecular weight excluding hydrogens is 319 g/mol. The summed E-state index contributed by atoms with van der Waals surface area (Å²) in [5.74, 6) is -0.0360. The minimum absolute atomic E-state index is 0.0360. The maximum Gasteiger partial charge on any atom is 0.436 e. The summed E-state index contributed by atoms with van der Waals surface area (Å²) >= 11 is 3.13. The Labute approximate surface area is 107 Å². The molecule has 2 rings (SSSR count). The second-order valence-electron chi connectivity index (χ2n) is 3.55. The second kappa shape index (κ2) is 4.27. The van der Waals surface area contributed by atoms with Crippen LogP contribution in [0.5, 0.6) is 5.75 Å². The Balaban J connectivity index is 2.53. The fraction of sp³-hybridized carbons (Fsp3) is 0.200. The van der Waals surface area contributed by atoms with Gasteiger partial charge >= 0.3 is 6.18 Å². The van der Waals surface area contributed by atoms with E-state index in [1.54, 1.807) is 0 Å². The van der Waals surface area contributed by atoms with Gasteiger partial charge in [-0.25, -0.2) is 0 Å². The third-order valence-corrected chi connectivity index (χ3v) is 2.79. The lowest BCUT2D eigenvalue weighted by Gasteiger charge is -2.24. The molecule has 1 aliphatic rings. The Kier molecular flexibility index (Phi) is 3.05. The van der Waals surface area contributed by atoms with Crippen molar-refractivity contribution in [3.8, 4) is 5.75 Å². The molecule has 0 aliphatic carbocycles. The van der Waals surface area contributed by atoms with E-state index in [2.05, 4.69) is 20.7 Å². The maximum absolute atomic E-state index is 12.6. The molecule has 8 heteroatoms. The van der Waals surface area contributed by atoms with E-state index >= 15 is 0 Å². The van der Waals surface area contributed by atoms with E-state index in [0.29, 0.717) is 4.47 Å². The van der Waals surface area contributed by atoms with Crippen LogP contribution in [0.1, 0.15) is 5.56 Å². The predicted molar refractivity (Wildman–Crippen MR) is 59.6 cm³/mol. The van der Waals surface area contributed by atoms with Gasteiger partial charge in [0.25, 0.3) is 11.8 Å². The number of fused-ring (bicyclic) bond motifs is 1. The highest BCUT2D eigenvalue weighted by atomic mass is 79.9. The fourth-order valence-electron chi connectivity index (χ4n) is 1.54. The molecule has 0 spiro atoms. The van der Waals surface area contributed by atoms with Crippen molar-refractivity contribution in [3.05, 3.63) is 44.0 Å². The van der Waals surface area contributed by atoms with Crippen molar-refractivity contribution >= 4 is 22.0 Å².